The van der Waals surface area contributed by atoms with E-state index in [1.165, 1.54) is 24.7 Å². The largest absolute Gasteiger partial charge is 0.443 e. The number of rotatable bonds is 3. The summed E-state index contributed by atoms with van der Waals surface area (Å²) in [7, 11) is 0. The van der Waals surface area contributed by atoms with E-state index in [0.717, 1.165) is 6.07 Å². The lowest BCUT2D eigenvalue weighted by atomic mass is 10.1. The summed E-state index contributed by atoms with van der Waals surface area (Å²) in [6.45, 7) is 1.87. The van der Waals surface area contributed by atoms with Crippen molar-refractivity contribution in [1.82, 2.24) is 14.9 Å². The second-order valence-electron chi connectivity index (χ2n) is 5.23. The van der Waals surface area contributed by atoms with Crippen LogP contribution in [0.5, 0.6) is 0 Å². The average molecular weight is 337 g/mol. The molecule has 1 aliphatic rings. The van der Waals surface area contributed by atoms with Crippen LogP contribution in [0.4, 0.5) is 13.2 Å². The van der Waals surface area contributed by atoms with E-state index in [2.05, 4.69) is 15.0 Å². The Kier molecular flexibility index (Phi) is 4.00. The highest BCUT2D eigenvalue weighted by atomic mass is 19.4. The third-order valence-corrected chi connectivity index (χ3v) is 3.60. The number of aliphatic imine (C=N–C) groups is 1. The summed E-state index contributed by atoms with van der Waals surface area (Å²) in [5.41, 5.74) is 5.99. The predicted molar refractivity (Wildman–Crippen MR) is 80.4 cm³/mol. The molecule has 0 spiro atoms. The molecule has 2 aromatic heterocycles. The summed E-state index contributed by atoms with van der Waals surface area (Å²) in [6, 6.07) is 2.27. The molecule has 0 amide bonds. The quantitative estimate of drug-likeness (QED) is 0.931. The molecule has 0 atom stereocenters. The summed E-state index contributed by atoms with van der Waals surface area (Å²) in [5, 5.41) is 0. The minimum Gasteiger partial charge on any atom is -0.443 e. The maximum absolute atomic E-state index is 13.1. The Labute approximate surface area is 135 Å². The highest BCUT2D eigenvalue weighted by Gasteiger charge is 2.34. The van der Waals surface area contributed by atoms with Crippen molar-refractivity contribution in [2.24, 2.45) is 10.7 Å². The van der Waals surface area contributed by atoms with Gasteiger partial charge in [0.1, 0.15) is 17.8 Å². The van der Waals surface area contributed by atoms with E-state index in [0.29, 0.717) is 11.4 Å². The van der Waals surface area contributed by atoms with Crippen molar-refractivity contribution in [2.45, 2.75) is 19.6 Å². The third-order valence-electron chi connectivity index (χ3n) is 3.60. The predicted octanol–water partition coefficient (Wildman–Crippen LogP) is 2.65. The molecule has 0 aromatic carbocycles. The molecular formula is C15H14F3N5O. The lowest BCUT2D eigenvalue weighted by Crippen LogP contribution is -2.36. The molecule has 3 rings (SSSR count). The van der Waals surface area contributed by atoms with Crippen LogP contribution in [0.25, 0.3) is 5.70 Å². The lowest BCUT2D eigenvalue weighted by Gasteiger charge is -2.29. The van der Waals surface area contributed by atoms with Crippen LogP contribution in [0.15, 0.2) is 45.9 Å². The number of allylic oxidation sites excluding steroid dienone is 1. The molecule has 126 valence electrons. The van der Waals surface area contributed by atoms with Gasteiger partial charge in [-0.3, -0.25) is 4.98 Å². The molecule has 2 aromatic rings. The summed E-state index contributed by atoms with van der Waals surface area (Å²) < 4.78 is 44.6. The van der Waals surface area contributed by atoms with Gasteiger partial charge in [0.15, 0.2) is 0 Å². The zero-order valence-electron chi connectivity index (χ0n) is 12.7. The van der Waals surface area contributed by atoms with Crippen molar-refractivity contribution >= 4 is 11.5 Å². The van der Waals surface area contributed by atoms with Crippen LogP contribution in [0.2, 0.25) is 0 Å². The molecule has 9 heteroatoms. The van der Waals surface area contributed by atoms with E-state index in [-0.39, 0.29) is 30.5 Å². The zero-order chi connectivity index (χ0) is 17.3. The maximum atomic E-state index is 13.1. The maximum Gasteiger partial charge on any atom is 0.418 e. The van der Waals surface area contributed by atoms with Crippen LogP contribution in [0, 0.1) is 0 Å². The van der Waals surface area contributed by atoms with Gasteiger partial charge in [0.25, 0.3) is 0 Å². The molecule has 0 saturated carbocycles. The topological polar surface area (TPSA) is 80.5 Å². The number of amidine groups is 1. The number of nitrogens with two attached hydrogens (primary N) is 1. The van der Waals surface area contributed by atoms with Gasteiger partial charge in [-0.2, -0.15) is 13.2 Å². The molecule has 0 fully saturated rings. The van der Waals surface area contributed by atoms with Crippen LogP contribution in [-0.2, 0) is 12.7 Å². The molecule has 0 saturated heterocycles. The van der Waals surface area contributed by atoms with Crippen molar-refractivity contribution in [1.29, 1.82) is 0 Å². The first-order chi connectivity index (χ1) is 11.4. The van der Waals surface area contributed by atoms with Crippen molar-refractivity contribution in [3.63, 3.8) is 0 Å². The average Bonchev–Trinajstić information content (AvgIpc) is 3.04. The van der Waals surface area contributed by atoms with Crippen LogP contribution in [0.3, 0.4) is 0 Å². The number of hydrogen-bond acceptors (Lipinski definition) is 6. The minimum atomic E-state index is -4.47. The highest BCUT2D eigenvalue weighted by molar-refractivity contribution is 5.90. The number of alkyl halides is 3. The van der Waals surface area contributed by atoms with Crippen LogP contribution in [-0.4, -0.2) is 27.2 Å². The molecule has 24 heavy (non-hydrogen) atoms. The van der Waals surface area contributed by atoms with Crippen molar-refractivity contribution in [2.75, 3.05) is 6.54 Å². The first kappa shape index (κ1) is 16.0. The van der Waals surface area contributed by atoms with Gasteiger partial charge in [0, 0.05) is 11.9 Å². The molecule has 3 heterocycles. The highest BCUT2D eigenvalue weighted by Crippen LogP contribution is 2.33. The van der Waals surface area contributed by atoms with Gasteiger partial charge in [-0.1, -0.05) is 0 Å². The lowest BCUT2D eigenvalue weighted by molar-refractivity contribution is -0.138. The Morgan fingerprint density at radius 3 is 2.75 bits per heavy atom. The van der Waals surface area contributed by atoms with Gasteiger partial charge in [-0.15, -0.1) is 0 Å². The van der Waals surface area contributed by atoms with Gasteiger partial charge in [-0.25, -0.2) is 9.98 Å². The molecule has 0 unspecified atom stereocenters. The first-order valence-electron chi connectivity index (χ1n) is 7.06. The number of hydrogen-bond donors (Lipinski definition) is 1. The summed E-state index contributed by atoms with van der Waals surface area (Å²) in [6.07, 6.45) is -0.288. The number of oxazole rings is 1. The fourth-order valence-corrected chi connectivity index (χ4v) is 2.44. The van der Waals surface area contributed by atoms with Gasteiger partial charge < -0.3 is 15.1 Å². The van der Waals surface area contributed by atoms with Gasteiger partial charge >= 0.3 is 6.18 Å². The third kappa shape index (κ3) is 3.10. The Balaban J connectivity index is 1.96. The van der Waals surface area contributed by atoms with Gasteiger partial charge in [-0.05, 0) is 19.1 Å². The fourth-order valence-electron chi connectivity index (χ4n) is 2.44. The number of aromatic nitrogens is 2. The first-order valence-corrected chi connectivity index (χ1v) is 7.06. The van der Waals surface area contributed by atoms with E-state index in [1.807, 2.05) is 0 Å². The Hall–Kier alpha value is -2.84. The molecule has 1 aliphatic heterocycles. The normalized spacial score (nSPS) is 15.7. The fraction of sp³-hybridized carbons (Fsp3) is 0.267. The molecule has 2 N–H and O–H groups in total. The Bertz CT molecular complexity index is 796. The van der Waals surface area contributed by atoms with Crippen LogP contribution < -0.4 is 5.73 Å². The van der Waals surface area contributed by atoms with E-state index in [9.17, 15) is 13.2 Å². The molecule has 6 nitrogen and oxygen atoms in total. The second kappa shape index (κ2) is 5.99. The Morgan fingerprint density at radius 1 is 1.29 bits per heavy atom. The zero-order valence-corrected chi connectivity index (χ0v) is 12.7. The van der Waals surface area contributed by atoms with Gasteiger partial charge in [0.2, 0.25) is 5.89 Å². The second-order valence-corrected chi connectivity index (χ2v) is 5.23. The van der Waals surface area contributed by atoms with Gasteiger partial charge in [0.05, 0.1) is 30.5 Å². The van der Waals surface area contributed by atoms with Crippen LogP contribution in [0.1, 0.15) is 24.1 Å². The SMILES string of the molecule is CC1=C(c2ncco2)N=C(N)CN1Cc1ncccc1C(F)(F)F. The van der Waals surface area contributed by atoms with E-state index in [1.54, 1.807) is 11.8 Å². The number of halogens is 3. The van der Waals surface area contributed by atoms with Crippen molar-refractivity contribution in [3.05, 3.63) is 53.6 Å². The molecular weight excluding hydrogens is 323 g/mol. The molecule has 0 aliphatic carbocycles. The molecule has 0 radical (unpaired) electrons. The van der Waals surface area contributed by atoms with Crippen molar-refractivity contribution in [3.8, 4) is 0 Å². The standard InChI is InChI=1S/C15H14F3N5O/c1-9-13(14-21-5-6-24-14)22-12(19)8-23(9)7-11-10(15(16,17)18)3-2-4-20-11/h2-6H,7-8H2,1H3,(H2,19,22). The smallest absolute Gasteiger partial charge is 0.418 e. The summed E-state index contributed by atoms with van der Waals surface area (Å²) >= 11 is 0. The summed E-state index contributed by atoms with van der Waals surface area (Å²) in [4.78, 5) is 13.8. The van der Waals surface area contributed by atoms with Crippen LogP contribution >= 0.6 is 0 Å². The number of pyridine rings is 1. The Morgan fingerprint density at radius 2 is 2.08 bits per heavy atom. The van der Waals surface area contributed by atoms with Crippen molar-refractivity contribution < 1.29 is 17.6 Å². The summed E-state index contributed by atoms with van der Waals surface area (Å²) in [5.74, 6) is 0.524. The monoisotopic (exact) mass is 337 g/mol. The van der Waals surface area contributed by atoms with E-state index in [4.69, 9.17) is 10.2 Å². The number of nitrogens with zero attached hydrogens (tertiary/aromatic N) is 4. The molecule has 0 bridgehead atoms. The van der Waals surface area contributed by atoms with E-state index < -0.39 is 11.7 Å². The minimum absolute atomic E-state index is 0.0536. The van der Waals surface area contributed by atoms with E-state index >= 15 is 0 Å².